The zero-order valence-electron chi connectivity index (χ0n) is 11.6. The number of carbonyl (C=O) groups excluding carboxylic acids is 1. The summed E-state index contributed by atoms with van der Waals surface area (Å²) in [4.78, 5) is 11.5. The van der Waals surface area contributed by atoms with Crippen molar-refractivity contribution in [3.8, 4) is 5.75 Å². The van der Waals surface area contributed by atoms with Gasteiger partial charge in [-0.1, -0.05) is 24.8 Å². The van der Waals surface area contributed by atoms with Gasteiger partial charge in [-0.05, 0) is 31.2 Å². The highest BCUT2D eigenvalue weighted by atomic mass is 35.7. The highest BCUT2D eigenvalue weighted by Gasteiger charge is 2.18. The van der Waals surface area contributed by atoms with Gasteiger partial charge in [0.05, 0.1) is 0 Å². The van der Waals surface area contributed by atoms with Crippen molar-refractivity contribution in [2.75, 3.05) is 13.7 Å². The van der Waals surface area contributed by atoms with Gasteiger partial charge in [0.1, 0.15) is 18.4 Å². The first-order valence-corrected chi connectivity index (χ1v) is 8.71. The minimum atomic E-state index is -3.35. The van der Waals surface area contributed by atoms with Crippen LogP contribution in [0.5, 0.6) is 5.75 Å². The van der Waals surface area contributed by atoms with Gasteiger partial charge in [-0.25, -0.2) is 9.65 Å². The molecule has 0 aromatic heterocycles. The van der Waals surface area contributed by atoms with E-state index in [0.29, 0.717) is 12.2 Å². The molecule has 0 aliphatic rings. The topological polar surface area (TPSA) is 90.7 Å². The Kier molecular flexibility index (Phi) is 6.92. The molecular formula is C13H18ClN2O4P. The van der Waals surface area contributed by atoms with Crippen molar-refractivity contribution in [3.63, 3.8) is 0 Å². The Morgan fingerprint density at radius 2 is 2.14 bits per heavy atom. The third-order valence-corrected chi connectivity index (χ3v) is 4.21. The molecule has 1 aromatic carbocycles. The molecule has 0 heterocycles. The predicted octanol–water partition coefficient (Wildman–Crippen LogP) is 2.23. The minimum Gasteiger partial charge on any atom is -0.460 e. The lowest BCUT2D eigenvalue weighted by atomic mass is 10.1. The van der Waals surface area contributed by atoms with E-state index in [2.05, 4.69) is 11.7 Å². The lowest BCUT2D eigenvalue weighted by Crippen LogP contribution is -2.34. The maximum absolute atomic E-state index is 11.5. The fourth-order valence-electron chi connectivity index (χ4n) is 1.45. The monoisotopic (exact) mass is 332 g/mol. The van der Waals surface area contributed by atoms with E-state index in [9.17, 15) is 9.36 Å². The molecule has 2 unspecified atom stereocenters. The number of nitrogens with one attached hydrogen (secondary N) is 1. The maximum atomic E-state index is 11.5. The Hall–Kier alpha value is -1.33. The number of halogens is 1. The molecule has 116 valence electrons. The summed E-state index contributed by atoms with van der Waals surface area (Å²) in [5.74, 6) is -0.134. The summed E-state index contributed by atoms with van der Waals surface area (Å²) in [6, 6.07) is 5.87. The summed E-state index contributed by atoms with van der Waals surface area (Å²) < 4.78 is 21.5. The molecular weight excluding hydrogens is 315 g/mol. The van der Waals surface area contributed by atoms with Crippen molar-refractivity contribution < 1.29 is 18.6 Å². The summed E-state index contributed by atoms with van der Waals surface area (Å²) in [6.07, 6.45) is 1.80. The molecule has 2 atom stereocenters. The van der Waals surface area contributed by atoms with E-state index in [-0.39, 0.29) is 6.61 Å². The van der Waals surface area contributed by atoms with Gasteiger partial charge < -0.3 is 15.0 Å². The second-order valence-electron chi connectivity index (χ2n) is 4.17. The van der Waals surface area contributed by atoms with Crippen LogP contribution in [0.3, 0.4) is 0 Å². The first kappa shape index (κ1) is 17.7. The summed E-state index contributed by atoms with van der Waals surface area (Å²) >= 11 is 5.60. The molecule has 21 heavy (non-hydrogen) atoms. The highest BCUT2D eigenvalue weighted by molar-refractivity contribution is 7.84. The number of ether oxygens (including phenoxy) is 1. The molecule has 0 aliphatic carbocycles. The molecule has 3 N–H and O–H groups in total. The summed E-state index contributed by atoms with van der Waals surface area (Å²) in [5.41, 5.74) is 6.55. The van der Waals surface area contributed by atoms with Gasteiger partial charge in [0.25, 0.3) is 0 Å². The summed E-state index contributed by atoms with van der Waals surface area (Å²) in [7, 11) is 1.44. The number of rotatable bonds is 8. The van der Waals surface area contributed by atoms with Crippen LogP contribution in [0.15, 0.2) is 36.9 Å². The quantitative estimate of drug-likeness (QED) is 0.431. The Bertz CT molecular complexity index is 535. The van der Waals surface area contributed by atoms with Crippen LogP contribution in [0.25, 0.3) is 0 Å². The van der Waals surface area contributed by atoms with Gasteiger partial charge in [-0.2, -0.15) is 0 Å². The van der Waals surface area contributed by atoms with Crippen LogP contribution in [0, 0.1) is 0 Å². The zero-order chi connectivity index (χ0) is 15.9. The fourth-order valence-corrected chi connectivity index (χ4v) is 2.18. The molecule has 1 rings (SSSR count). The molecule has 0 saturated carbocycles. The van der Waals surface area contributed by atoms with Gasteiger partial charge in [0.15, 0.2) is 0 Å². The van der Waals surface area contributed by atoms with Gasteiger partial charge in [-0.15, -0.1) is 0 Å². The molecule has 0 fully saturated rings. The molecule has 0 bridgehead atoms. The molecule has 0 spiro atoms. The molecule has 1 aromatic rings. The van der Waals surface area contributed by atoms with Crippen molar-refractivity contribution in [3.05, 3.63) is 42.5 Å². The molecule has 8 heteroatoms. The van der Waals surface area contributed by atoms with E-state index >= 15 is 0 Å². The Labute approximate surface area is 128 Å². The normalized spacial score (nSPS) is 14.8. The van der Waals surface area contributed by atoms with Gasteiger partial charge >= 0.3 is 12.8 Å². The molecule has 0 radical (unpaired) electrons. The van der Waals surface area contributed by atoms with Gasteiger partial charge in [-0.3, -0.25) is 4.79 Å². The summed E-state index contributed by atoms with van der Waals surface area (Å²) in [5, 5.41) is 2.38. The maximum Gasteiger partial charge on any atom is 0.408 e. The van der Waals surface area contributed by atoms with Crippen molar-refractivity contribution in [1.82, 2.24) is 5.09 Å². The zero-order valence-corrected chi connectivity index (χ0v) is 13.3. The molecule has 6 nitrogen and oxygen atoms in total. The van der Waals surface area contributed by atoms with Crippen molar-refractivity contribution >= 4 is 24.1 Å². The van der Waals surface area contributed by atoms with E-state index in [4.69, 9.17) is 26.2 Å². The number of hydrogen-bond acceptors (Lipinski definition) is 5. The van der Waals surface area contributed by atoms with E-state index in [1.165, 1.54) is 13.1 Å². The highest BCUT2D eigenvalue weighted by Crippen LogP contribution is 2.47. The van der Waals surface area contributed by atoms with Crippen LogP contribution < -0.4 is 15.3 Å². The van der Waals surface area contributed by atoms with Crippen molar-refractivity contribution in [1.29, 1.82) is 0 Å². The Balaban J connectivity index is 2.60. The van der Waals surface area contributed by atoms with E-state index in [0.717, 1.165) is 5.56 Å². The average molecular weight is 333 g/mol. The number of hydrogen-bond donors (Lipinski definition) is 2. The van der Waals surface area contributed by atoms with E-state index in [1.54, 1.807) is 24.3 Å². The third kappa shape index (κ3) is 6.31. The molecule has 0 aliphatic heterocycles. The fraction of sp³-hybridized carbons (Fsp3) is 0.308. The first-order valence-electron chi connectivity index (χ1n) is 6.18. The van der Waals surface area contributed by atoms with Crippen LogP contribution >= 0.6 is 18.1 Å². The van der Waals surface area contributed by atoms with Crippen molar-refractivity contribution in [2.45, 2.75) is 12.5 Å². The molecule has 0 saturated heterocycles. The van der Waals surface area contributed by atoms with Crippen LogP contribution in [0.1, 0.15) is 5.56 Å². The lowest BCUT2D eigenvalue weighted by Gasteiger charge is -2.13. The minimum absolute atomic E-state index is 0.133. The van der Waals surface area contributed by atoms with E-state index < -0.39 is 18.9 Å². The number of benzene rings is 1. The second-order valence-corrected chi connectivity index (χ2v) is 7.09. The standard InChI is InChI=1S/C13H18ClN2O4P/c1-3-8-19-13(17)12(15)9-10-4-6-11(7-5-10)20-21(14,18)16-2/h3-7,12H,1,8-9,15H2,2H3,(H,16,18). The second kappa shape index (κ2) is 8.20. The first-order chi connectivity index (χ1) is 9.88. The number of esters is 1. The number of carbonyl (C=O) groups is 1. The summed E-state index contributed by atoms with van der Waals surface area (Å²) in [6.45, 7) is 0.232. The SMILES string of the molecule is C=CCOC(=O)C(N)Cc1ccc(OP(=O)(Cl)NC)cc1. The Morgan fingerprint density at radius 3 is 2.67 bits per heavy atom. The smallest absolute Gasteiger partial charge is 0.408 e. The predicted molar refractivity (Wildman–Crippen MR) is 82.4 cm³/mol. The van der Waals surface area contributed by atoms with Gasteiger partial charge in [0, 0.05) is 11.2 Å². The van der Waals surface area contributed by atoms with E-state index in [1.807, 2.05) is 0 Å². The number of nitrogens with two attached hydrogens (primary N) is 1. The molecule has 0 amide bonds. The van der Waals surface area contributed by atoms with Crippen LogP contribution in [0.2, 0.25) is 0 Å². The average Bonchev–Trinajstić information content (AvgIpc) is 2.46. The van der Waals surface area contributed by atoms with Crippen LogP contribution in [-0.4, -0.2) is 25.7 Å². The van der Waals surface area contributed by atoms with Gasteiger partial charge in [0.2, 0.25) is 0 Å². The third-order valence-electron chi connectivity index (χ3n) is 2.52. The lowest BCUT2D eigenvalue weighted by molar-refractivity contribution is -0.143. The van der Waals surface area contributed by atoms with Crippen molar-refractivity contribution in [2.24, 2.45) is 5.73 Å². The Morgan fingerprint density at radius 1 is 1.52 bits per heavy atom. The van der Waals surface area contributed by atoms with Crippen LogP contribution in [-0.2, 0) is 20.5 Å². The largest absolute Gasteiger partial charge is 0.460 e. The van der Waals surface area contributed by atoms with Crippen LogP contribution in [0.4, 0.5) is 0 Å².